The van der Waals surface area contributed by atoms with Crippen molar-refractivity contribution in [1.82, 2.24) is 14.9 Å². The van der Waals surface area contributed by atoms with Gasteiger partial charge in [0.25, 0.3) is 0 Å². The Labute approximate surface area is 227 Å². The topological polar surface area (TPSA) is 102 Å². The molecule has 2 unspecified atom stereocenters. The van der Waals surface area contributed by atoms with Gasteiger partial charge in [-0.3, -0.25) is 9.71 Å². The van der Waals surface area contributed by atoms with Crippen LogP contribution >= 0.6 is 12.2 Å². The minimum atomic E-state index is -3.54. The number of nitrogens with one attached hydrogen (secondary N) is 2. The summed E-state index contributed by atoms with van der Waals surface area (Å²) in [7, 11) is -2.04. The molecule has 0 saturated carbocycles. The van der Waals surface area contributed by atoms with Gasteiger partial charge in [0.15, 0.2) is 5.11 Å². The minimum Gasteiger partial charge on any atom is -0.495 e. The molecule has 1 aromatic carbocycles. The summed E-state index contributed by atoms with van der Waals surface area (Å²) in [6, 6.07) is 16.7. The van der Waals surface area contributed by atoms with Gasteiger partial charge in [-0.1, -0.05) is 6.07 Å². The summed E-state index contributed by atoms with van der Waals surface area (Å²) < 4.78 is 39.9. The van der Waals surface area contributed by atoms with Crippen molar-refractivity contribution in [3.8, 4) is 5.75 Å². The number of nitrogens with zero attached hydrogens (tertiary/aromatic N) is 3. The lowest BCUT2D eigenvalue weighted by Crippen LogP contribution is -2.29. The molecule has 11 heteroatoms. The predicted molar refractivity (Wildman–Crippen MR) is 151 cm³/mol. The lowest BCUT2D eigenvalue weighted by Gasteiger charge is -2.29. The fourth-order valence-corrected chi connectivity index (χ4v) is 5.91. The Bertz CT molecular complexity index is 1570. The highest BCUT2D eigenvalue weighted by molar-refractivity contribution is 7.92. The first-order chi connectivity index (χ1) is 18.2. The van der Waals surface area contributed by atoms with E-state index in [2.05, 4.69) is 39.5 Å². The average molecular weight is 552 g/mol. The molecule has 1 fully saturated rings. The number of aryl methyl sites for hydroxylation is 1. The van der Waals surface area contributed by atoms with Crippen molar-refractivity contribution >= 4 is 38.7 Å². The van der Waals surface area contributed by atoms with E-state index in [1.165, 1.54) is 7.11 Å². The van der Waals surface area contributed by atoms with Crippen LogP contribution in [0.25, 0.3) is 0 Å². The van der Waals surface area contributed by atoms with E-state index < -0.39 is 10.0 Å². The number of furan rings is 1. The summed E-state index contributed by atoms with van der Waals surface area (Å²) in [4.78, 5) is 6.64. The molecule has 4 heterocycles. The number of thiocarbonyl (C=S) groups is 1. The third-order valence-corrected chi connectivity index (χ3v) is 7.59. The van der Waals surface area contributed by atoms with Crippen LogP contribution in [0.2, 0.25) is 0 Å². The van der Waals surface area contributed by atoms with Crippen molar-refractivity contribution in [2.45, 2.75) is 32.5 Å². The second kappa shape index (κ2) is 10.1. The number of anilines is 2. The maximum atomic E-state index is 12.1. The second-order valence-electron chi connectivity index (χ2n) is 9.25. The Balaban J connectivity index is 1.64. The molecule has 9 nitrogen and oxygen atoms in total. The summed E-state index contributed by atoms with van der Waals surface area (Å²) in [6.07, 6.45) is 4.55. The van der Waals surface area contributed by atoms with E-state index in [1.807, 2.05) is 41.3 Å². The molecule has 0 radical (unpaired) electrons. The van der Waals surface area contributed by atoms with Gasteiger partial charge in [0, 0.05) is 23.3 Å². The molecule has 0 aliphatic carbocycles. The molecule has 198 valence electrons. The Kier molecular flexibility index (Phi) is 6.89. The Morgan fingerprint density at radius 1 is 1.16 bits per heavy atom. The third kappa shape index (κ3) is 4.99. The number of methoxy groups -OCH3 is 1. The SMILES string of the molecule is COc1ccc(N2C(=S)NC(c3ccccn3)C2c2cc(C)n(Cc3ccco3)c2C)cc1NS(C)(=O)=O. The van der Waals surface area contributed by atoms with Crippen molar-refractivity contribution in [2.75, 3.05) is 23.0 Å². The van der Waals surface area contributed by atoms with E-state index in [-0.39, 0.29) is 12.1 Å². The average Bonchev–Trinajstić information content (AvgIpc) is 3.58. The van der Waals surface area contributed by atoms with Crippen LogP contribution < -0.4 is 19.7 Å². The summed E-state index contributed by atoms with van der Waals surface area (Å²) >= 11 is 5.86. The van der Waals surface area contributed by atoms with Crippen LogP contribution in [-0.4, -0.2) is 36.4 Å². The predicted octanol–water partition coefficient (Wildman–Crippen LogP) is 4.70. The molecule has 4 aromatic rings. The lowest BCUT2D eigenvalue weighted by molar-refractivity contribution is 0.417. The molecule has 38 heavy (non-hydrogen) atoms. The van der Waals surface area contributed by atoms with E-state index in [0.29, 0.717) is 28.8 Å². The summed E-state index contributed by atoms with van der Waals surface area (Å²) in [5.41, 5.74) is 5.13. The number of rotatable bonds is 8. The van der Waals surface area contributed by atoms with Gasteiger partial charge in [0.05, 0.1) is 49.6 Å². The van der Waals surface area contributed by atoms with Crippen LogP contribution in [-0.2, 0) is 16.6 Å². The van der Waals surface area contributed by atoms with Crippen molar-refractivity contribution < 1.29 is 17.6 Å². The quantitative estimate of drug-likeness (QED) is 0.304. The van der Waals surface area contributed by atoms with Crippen molar-refractivity contribution in [2.24, 2.45) is 0 Å². The van der Waals surface area contributed by atoms with Crippen LogP contribution in [0.5, 0.6) is 5.75 Å². The van der Waals surface area contributed by atoms with Gasteiger partial charge in [-0.2, -0.15) is 0 Å². The smallest absolute Gasteiger partial charge is 0.229 e. The van der Waals surface area contributed by atoms with Gasteiger partial charge in [-0.05, 0) is 80.2 Å². The number of sulfonamides is 1. The largest absolute Gasteiger partial charge is 0.495 e. The Morgan fingerprint density at radius 2 is 1.97 bits per heavy atom. The molecule has 3 aromatic heterocycles. The molecule has 5 rings (SSSR count). The normalized spacial score (nSPS) is 17.5. The molecule has 1 aliphatic rings. The van der Waals surface area contributed by atoms with Crippen LogP contribution in [0, 0.1) is 13.8 Å². The maximum absolute atomic E-state index is 12.1. The highest BCUT2D eigenvalue weighted by atomic mass is 32.2. The first kappa shape index (κ1) is 25.8. The number of hydrogen-bond acceptors (Lipinski definition) is 6. The first-order valence-corrected chi connectivity index (χ1v) is 14.3. The van der Waals surface area contributed by atoms with E-state index in [1.54, 1.807) is 24.6 Å². The molecule has 0 amide bonds. The summed E-state index contributed by atoms with van der Waals surface area (Å²) in [5, 5.41) is 3.97. The van der Waals surface area contributed by atoms with Gasteiger partial charge in [0.1, 0.15) is 11.5 Å². The standard InChI is InChI=1S/C27H29N5O4S2/c1-17-14-21(18(2)31(17)16-20-8-7-13-36-20)26-25(22-9-5-6-12-28-22)29-27(37)32(26)19-10-11-24(35-3)23(15-19)30-38(4,33)34/h5-15,25-26,30H,16H2,1-4H3,(H,29,37). The summed E-state index contributed by atoms with van der Waals surface area (Å²) in [5.74, 6) is 1.27. The zero-order chi connectivity index (χ0) is 27.0. The highest BCUT2D eigenvalue weighted by Gasteiger charge is 2.42. The first-order valence-electron chi connectivity index (χ1n) is 12.0. The van der Waals surface area contributed by atoms with E-state index >= 15 is 0 Å². The van der Waals surface area contributed by atoms with Gasteiger partial charge in [0.2, 0.25) is 10.0 Å². The minimum absolute atomic E-state index is 0.241. The number of hydrogen-bond donors (Lipinski definition) is 2. The molecular formula is C27H29N5O4S2. The molecular weight excluding hydrogens is 522 g/mol. The molecule has 1 saturated heterocycles. The number of ether oxygens (including phenoxy) is 1. The molecule has 2 atom stereocenters. The van der Waals surface area contributed by atoms with Crippen molar-refractivity contribution in [3.63, 3.8) is 0 Å². The van der Waals surface area contributed by atoms with Crippen LogP contribution in [0.3, 0.4) is 0 Å². The van der Waals surface area contributed by atoms with Crippen LogP contribution in [0.1, 0.15) is 40.5 Å². The Hall–Kier alpha value is -3.83. The van der Waals surface area contributed by atoms with E-state index in [0.717, 1.165) is 34.7 Å². The summed E-state index contributed by atoms with van der Waals surface area (Å²) in [6.45, 7) is 4.77. The second-order valence-corrected chi connectivity index (χ2v) is 11.4. The fourth-order valence-electron chi connectivity index (χ4n) is 5.00. The number of pyridine rings is 1. The Morgan fingerprint density at radius 3 is 2.63 bits per heavy atom. The van der Waals surface area contributed by atoms with Crippen molar-refractivity contribution in [3.05, 3.63) is 95.5 Å². The van der Waals surface area contributed by atoms with E-state index in [4.69, 9.17) is 21.4 Å². The zero-order valence-corrected chi connectivity index (χ0v) is 23.1. The van der Waals surface area contributed by atoms with Crippen molar-refractivity contribution in [1.29, 1.82) is 0 Å². The molecule has 2 N–H and O–H groups in total. The number of benzene rings is 1. The van der Waals surface area contributed by atoms with Gasteiger partial charge >= 0.3 is 0 Å². The molecule has 1 aliphatic heterocycles. The molecule has 0 bridgehead atoms. The zero-order valence-electron chi connectivity index (χ0n) is 21.5. The van der Waals surface area contributed by atoms with Gasteiger partial charge in [-0.25, -0.2) is 8.42 Å². The third-order valence-electron chi connectivity index (χ3n) is 6.68. The van der Waals surface area contributed by atoms with Crippen LogP contribution in [0.4, 0.5) is 11.4 Å². The van der Waals surface area contributed by atoms with E-state index in [9.17, 15) is 8.42 Å². The fraction of sp³-hybridized carbons (Fsp3) is 0.259. The maximum Gasteiger partial charge on any atom is 0.229 e. The number of aromatic nitrogens is 2. The van der Waals surface area contributed by atoms with Gasteiger partial charge < -0.3 is 23.9 Å². The molecule has 0 spiro atoms. The van der Waals surface area contributed by atoms with Crippen LogP contribution in [0.15, 0.2) is 71.5 Å². The highest BCUT2D eigenvalue weighted by Crippen LogP contribution is 2.44. The monoisotopic (exact) mass is 551 g/mol. The lowest BCUT2D eigenvalue weighted by atomic mass is 9.96. The van der Waals surface area contributed by atoms with Gasteiger partial charge in [-0.15, -0.1) is 0 Å².